The molecule has 3 rings (SSSR count). The van der Waals surface area contributed by atoms with Crippen LogP contribution in [-0.4, -0.2) is 48.7 Å². The third-order valence-electron chi connectivity index (χ3n) is 4.28. The number of anilines is 1. The lowest BCUT2D eigenvalue weighted by Gasteiger charge is -2.37. The second-order valence-corrected chi connectivity index (χ2v) is 6.11. The number of benzene rings is 1. The van der Waals surface area contributed by atoms with Gasteiger partial charge in [-0.05, 0) is 31.2 Å². The van der Waals surface area contributed by atoms with Gasteiger partial charge >= 0.3 is 6.03 Å². The largest absolute Gasteiger partial charge is 0.485 e. The van der Waals surface area contributed by atoms with Gasteiger partial charge in [0.15, 0.2) is 0 Å². The summed E-state index contributed by atoms with van der Waals surface area (Å²) in [4.78, 5) is 20.5. The van der Waals surface area contributed by atoms with E-state index in [9.17, 15) is 4.79 Å². The van der Waals surface area contributed by atoms with Gasteiger partial charge < -0.3 is 19.9 Å². The van der Waals surface area contributed by atoms with Gasteiger partial charge in [-0.3, -0.25) is 4.98 Å². The second kappa shape index (κ2) is 7.88. The van der Waals surface area contributed by atoms with E-state index in [2.05, 4.69) is 28.2 Å². The van der Waals surface area contributed by atoms with Crippen molar-refractivity contribution < 1.29 is 9.53 Å². The quantitative estimate of drug-likeness (QED) is 0.909. The average molecular weight is 340 g/mol. The number of likely N-dealkylation sites (N-methyl/N-ethyl adjacent to an activating group) is 2. The molecule has 1 N–H and O–H groups in total. The van der Waals surface area contributed by atoms with Crippen LogP contribution < -0.4 is 15.0 Å². The fraction of sp³-hybridized carbons (Fsp3) is 0.368. The number of hydrogen-bond donors (Lipinski definition) is 1. The van der Waals surface area contributed by atoms with Crippen LogP contribution in [0.2, 0.25) is 0 Å². The number of para-hydroxylation sites is 2. The number of urea groups is 1. The highest BCUT2D eigenvalue weighted by molar-refractivity contribution is 5.73. The predicted octanol–water partition coefficient (Wildman–Crippen LogP) is 2.51. The van der Waals surface area contributed by atoms with Crippen LogP contribution in [0.25, 0.3) is 0 Å². The molecule has 6 nitrogen and oxygen atoms in total. The highest BCUT2D eigenvalue weighted by Gasteiger charge is 2.26. The average Bonchev–Trinajstić information content (AvgIpc) is 2.66. The summed E-state index contributed by atoms with van der Waals surface area (Å²) in [5, 5.41) is 2.89. The third-order valence-corrected chi connectivity index (χ3v) is 4.28. The zero-order chi connectivity index (χ0) is 17.6. The van der Waals surface area contributed by atoms with Gasteiger partial charge in [0.1, 0.15) is 11.9 Å². The van der Waals surface area contributed by atoms with Crippen molar-refractivity contribution in [3.8, 4) is 5.75 Å². The first-order chi connectivity index (χ1) is 12.2. The lowest BCUT2D eigenvalue weighted by Crippen LogP contribution is -2.48. The molecule has 0 bridgehead atoms. The number of carbonyl (C=O) groups excluding carboxylic acids is 1. The van der Waals surface area contributed by atoms with Crippen molar-refractivity contribution in [1.29, 1.82) is 0 Å². The number of nitrogens with one attached hydrogen (secondary N) is 1. The molecule has 2 heterocycles. The summed E-state index contributed by atoms with van der Waals surface area (Å²) in [6.07, 6.45) is 1.66. The molecular weight excluding hydrogens is 316 g/mol. The van der Waals surface area contributed by atoms with Gasteiger partial charge in [-0.15, -0.1) is 0 Å². The topological polar surface area (TPSA) is 57.7 Å². The van der Waals surface area contributed by atoms with Gasteiger partial charge in [0, 0.05) is 19.8 Å². The molecule has 1 aromatic heterocycles. The number of pyridine rings is 1. The van der Waals surface area contributed by atoms with Crippen LogP contribution in [0.3, 0.4) is 0 Å². The van der Waals surface area contributed by atoms with E-state index >= 15 is 0 Å². The zero-order valence-electron chi connectivity index (χ0n) is 14.7. The Morgan fingerprint density at radius 1 is 1.32 bits per heavy atom. The van der Waals surface area contributed by atoms with E-state index in [4.69, 9.17) is 4.74 Å². The number of hydrogen-bond acceptors (Lipinski definition) is 4. The van der Waals surface area contributed by atoms with E-state index in [1.165, 1.54) is 0 Å². The van der Waals surface area contributed by atoms with Crippen molar-refractivity contribution in [2.45, 2.75) is 19.6 Å². The number of amides is 2. The van der Waals surface area contributed by atoms with Crippen LogP contribution in [0.1, 0.15) is 12.6 Å². The van der Waals surface area contributed by atoms with Crippen LogP contribution in [-0.2, 0) is 6.54 Å². The fourth-order valence-electron chi connectivity index (χ4n) is 2.97. The SMILES string of the molecule is CCN1C[C@@H](CN(C)C(=O)NCc2ccccn2)Oc2ccccc21. The summed E-state index contributed by atoms with van der Waals surface area (Å²) in [6, 6.07) is 13.6. The standard InChI is InChI=1S/C19H24N4O2/c1-3-23-14-16(25-18-10-5-4-9-17(18)23)13-22(2)19(24)21-12-15-8-6-7-11-20-15/h4-11,16H,3,12-14H2,1-2H3,(H,21,24)/t16-/m1/s1. The monoisotopic (exact) mass is 340 g/mol. The predicted molar refractivity (Wildman–Crippen MR) is 97.8 cm³/mol. The second-order valence-electron chi connectivity index (χ2n) is 6.11. The molecule has 132 valence electrons. The number of ether oxygens (including phenoxy) is 1. The highest BCUT2D eigenvalue weighted by Crippen LogP contribution is 2.32. The Hall–Kier alpha value is -2.76. The van der Waals surface area contributed by atoms with Gasteiger partial charge in [0.25, 0.3) is 0 Å². The molecule has 0 unspecified atom stereocenters. The summed E-state index contributed by atoms with van der Waals surface area (Å²) in [6.45, 7) is 4.75. The molecule has 0 aliphatic carbocycles. The summed E-state index contributed by atoms with van der Waals surface area (Å²) >= 11 is 0. The minimum atomic E-state index is -0.129. The maximum Gasteiger partial charge on any atom is 0.317 e. The maximum atomic E-state index is 12.3. The Kier molecular flexibility index (Phi) is 5.38. The molecule has 0 saturated carbocycles. The lowest BCUT2D eigenvalue weighted by atomic mass is 10.2. The fourth-order valence-corrected chi connectivity index (χ4v) is 2.97. The Morgan fingerprint density at radius 2 is 2.12 bits per heavy atom. The van der Waals surface area contributed by atoms with Crippen LogP contribution in [0.15, 0.2) is 48.7 Å². The van der Waals surface area contributed by atoms with Crippen LogP contribution in [0.5, 0.6) is 5.75 Å². The number of aromatic nitrogens is 1. The Labute approximate surface area is 148 Å². The number of fused-ring (bicyclic) bond motifs is 1. The Bertz CT molecular complexity index is 708. The summed E-state index contributed by atoms with van der Waals surface area (Å²) in [5.41, 5.74) is 1.95. The van der Waals surface area contributed by atoms with Gasteiger partial charge in [0.2, 0.25) is 0 Å². The molecule has 6 heteroatoms. The van der Waals surface area contributed by atoms with E-state index in [1.807, 2.05) is 36.4 Å². The number of nitrogens with zero attached hydrogens (tertiary/aromatic N) is 3. The van der Waals surface area contributed by atoms with Gasteiger partial charge in [-0.25, -0.2) is 4.79 Å². The maximum absolute atomic E-state index is 12.3. The molecule has 0 saturated heterocycles. The van der Waals surface area contributed by atoms with Crippen LogP contribution in [0, 0.1) is 0 Å². The molecular formula is C19H24N4O2. The van der Waals surface area contributed by atoms with Crippen molar-refractivity contribution in [2.24, 2.45) is 0 Å². The molecule has 2 amide bonds. The summed E-state index contributed by atoms with van der Waals surface area (Å²) in [7, 11) is 1.79. The van der Waals surface area contributed by atoms with Crippen molar-refractivity contribution in [2.75, 3.05) is 31.6 Å². The molecule has 1 aliphatic heterocycles. The first kappa shape index (κ1) is 17.1. The highest BCUT2D eigenvalue weighted by atomic mass is 16.5. The first-order valence-corrected chi connectivity index (χ1v) is 8.57. The van der Waals surface area contributed by atoms with Gasteiger partial charge in [-0.1, -0.05) is 18.2 Å². The summed E-state index contributed by atoms with van der Waals surface area (Å²) in [5.74, 6) is 0.878. The van der Waals surface area contributed by atoms with Crippen molar-refractivity contribution in [1.82, 2.24) is 15.2 Å². The molecule has 0 spiro atoms. The molecule has 25 heavy (non-hydrogen) atoms. The number of rotatable bonds is 5. The Morgan fingerprint density at radius 3 is 2.88 bits per heavy atom. The Balaban J connectivity index is 1.56. The molecule has 2 aromatic rings. The molecule has 1 aliphatic rings. The van der Waals surface area contributed by atoms with E-state index in [1.54, 1.807) is 18.1 Å². The van der Waals surface area contributed by atoms with E-state index in [0.717, 1.165) is 30.2 Å². The van der Waals surface area contributed by atoms with Crippen LogP contribution in [0.4, 0.5) is 10.5 Å². The molecule has 1 aromatic carbocycles. The molecule has 0 radical (unpaired) electrons. The van der Waals surface area contributed by atoms with Crippen molar-refractivity contribution >= 4 is 11.7 Å². The molecule has 1 atom stereocenters. The lowest BCUT2D eigenvalue weighted by molar-refractivity contribution is 0.145. The minimum absolute atomic E-state index is 0.0551. The van der Waals surface area contributed by atoms with Crippen molar-refractivity contribution in [3.63, 3.8) is 0 Å². The zero-order valence-corrected chi connectivity index (χ0v) is 14.7. The minimum Gasteiger partial charge on any atom is -0.485 e. The van der Waals surface area contributed by atoms with Gasteiger partial charge in [0.05, 0.1) is 31.0 Å². The smallest absolute Gasteiger partial charge is 0.317 e. The first-order valence-electron chi connectivity index (χ1n) is 8.57. The van der Waals surface area contributed by atoms with Crippen molar-refractivity contribution in [3.05, 3.63) is 54.4 Å². The van der Waals surface area contributed by atoms with Crippen LogP contribution >= 0.6 is 0 Å². The van der Waals surface area contributed by atoms with Gasteiger partial charge in [-0.2, -0.15) is 0 Å². The third kappa shape index (κ3) is 4.21. The van der Waals surface area contributed by atoms with E-state index in [0.29, 0.717) is 13.1 Å². The normalized spacial score (nSPS) is 15.9. The summed E-state index contributed by atoms with van der Waals surface area (Å²) < 4.78 is 6.07. The van der Waals surface area contributed by atoms with E-state index in [-0.39, 0.29) is 12.1 Å². The number of carbonyl (C=O) groups is 1. The molecule has 0 fully saturated rings. The van der Waals surface area contributed by atoms with E-state index < -0.39 is 0 Å².